The van der Waals surface area contributed by atoms with Crippen molar-refractivity contribution in [3.05, 3.63) is 104 Å². The van der Waals surface area contributed by atoms with Crippen LogP contribution in [0.3, 0.4) is 0 Å². The molecule has 1 aliphatic rings. The molecule has 0 saturated carbocycles. The Labute approximate surface area is 343 Å². The molecule has 3 unspecified atom stereocenters. The number of alkyl carbamates (subject to hydrolysis) is 1. The minimum Gasteiger partial charge on any atom is -0.444 e. The van der Waals surface area contributed by atoms with E-state index in [4.69, 9.17) is 9.47 Å². The van der Waals surface area contributed by atoms with Gasteiger partial charge in [0.15, 0.2) is 5.78 Å². The fourth-order valence-electron chi connectivity index (χ4n) is 6.62. The van der Waals surface area contributed by atoms with E-state index in [1.165, 1.54) is 16.2 Å². The average molecular weight is 818 g/mol. The van der Waals surface area contributed by atoms with Crippen LogP contribution >= 0.6 is 22.7 Å². The van der Waals surface area contributed by atoms with E-state index in [2.05, 4.69) is 39.8 Å². The van der Waals surface area contributed by atoms with Crippen molar-refractivity contribution in [2.24, 2.45) is 5.92 Å². The summed E-state index contributed by atoms with van der Waals surface area (Å²) in [6, 6.07) is 18.3. The number of ketones is 1. The first kappa shape index (κ1) is 43.3. The monoisotopic (exact) mass is 817 g/mol. The molecule has 13 nitrogen and oxygen atoms in total. The fraction of sp³-hybridized carbons (Fsp3) is 0.476. The molecule has 2 aromatic carbocycles. The van der Waals surface area contributed by atoms with Crippen molar-refractivity contribution in [2.45, 2.75) is 83.5 Å². The van der Waals surface area contributed by atoms with Crippen molar-refractivity contribution in [3.63, 3.8) is 0 Å². The first-order chi connectivity index (χ1) is 27.6. The number of amides is 5. The van der Waals surface area contributed by atoms with Gasteiger partial charge in [-0.2, -0.15) is 0 Å². The Morgan fingerprint density at radius 2 is 1.61 bits per heavy atom. The van der Waals surface area contributed by atoms with E-state index in [-0.39, 0.29) is 55.7 Å². The van der Waals surface area contributed by atoms with Crippen LogP contribution in [0.5, 0.6) is 0 Å². The highest BCUT2D eigenvalue weighted by Gasteiger charge is 2.27. The lowest BCUT2D eigenvalue weighted by Gasteiger charge is -2.28. The summed E-state index contributed by atoms with van der Waals surface area (Å²) in [6.07, 6.45) is 4.04. The Balaban J connectivity index is 1.28. The fourth-order valence-corrected chi connectivity index (χ4v) is 7.95. The maximum absolute atomic E-state index is 14.3. The first-order valence-corrected chi connectivity index (χ1v) is 21.4. The topological polar surface area (TPSA) is 155 Å². The Kier molecular flexibility index (Phi) is 17.3. The molecule has 3 atom stereocenters. The molecule has 5 amide bonds. The summed E-state index contributed by atoms with van der Waals surface area (Å²) in [7, 11) is 1.69. The Bertz CT molecular complexity index is 1820. The van der Waals surface area contributed by atoms with Crippen LogP contribution in [0.2, 0.25) is 0 Å². The molecule has 1 aliphatic heterocycles. The number of ether oxygens (including phenoxy) is 2. The van der Waals surface area contributed by atoms with Gasteiger partial charge in [-0.15, -0.1) is 22.7 Å². The van der Waals surface area contributed by atoms with Gasteiger partial charge in [-0.3, -0.25) is 9.78 Å². The summed E-state index contributed by atoms with van der Waals surface area (Å²) in [5, 5.41) is 12.0. The second-order valence-corrected chi connectivity index (χ2v) is 16.5. The quantitative estimate of drug-likeness (QED) is 0.0880. The predicted octanol–water partition coefficient (Wildman–Crippen LogP) is 6.80. The molecule has 4 aromatic rings. The third kappa shape index (κ3) is 14.9. The number of thiazole rings is 2. The normalized spacial score (nSPS) is 14.4. The molecule has 0 spiro atoms. The maximum atomic E-state index is 14.3. The molecule has 0 radical (unpaired) electrons. The lowest BCUT2D eigenvalue weighted by atomic mass is 9.86. The molecule has 3 N–H and O–H groups in total. The number of urea groups is 2. The molecule has 306 valence electrons. The minimum absolute atomic E-state index is 0.0993. The Hall–Kier alpha value is -4.86. The van der Waals surface area contributed by atoms with Crippen LogP contribution in [0.25, 0.3) is 0 Å². The largest absolute Gasteiger partial charge is 0.444 e. The van der Waals surface area contributed by atoms with E-state index in [0.717, 1.165) is 26.7 Å². The van der Waals surface area contributed by atoms with Crippen molar-refractivity contribution in [1.29, 1.82) is 0 Å². The Morgan fingerprint density at radius 1 is 0.912 bits per heavy atom. The van der Waals surface area contributed by atoms with Crippen LogP contribution < -0.4 is 16.0 Å². The van der Waals surface area contributed by atoms with E-state index in [0.29, 0.717) is 58.5 Å². The highest BCUT2D eigenvalue weighted by Crippen LogP contribution is 2.23. The summed E-state index contributed by atoms with van der Waals surface area (Å²) in [5.74, 6) is 0.0668. The number of nitrogens with one attached hydrogen (secondary N) is 3. The number of nitrogens with zero attached hydrogens (tertiary/aromatic N) is 4. The van der Waals surface area contributed by atoms with Gasteiger partial charge in [0.2, 0.25) is 0 Å². The average Bonchev–Trinajstić information content (AvgIpc) is 3.93. The molecule has 3 heterocycles. The molecular weight excluding hydrogens is 763 g/mol. The maximum Gasteiger partial charge on any atom is 0.407 e. The van der Waals surface area contributed by atoms with Gasteiger partial charge in [0.25, 0.3) is 0 Å². The zero-order chi connectivity index (χ0) is 40.4. The van der Waals surface area contributed by atoms with E-state index in [9.17, 15) is 19.2 Å². The SMILES string of the molecule is CC(C)c1nc(CN(C)C(=O)NC(CCNC(=O)N2CCOCC2)C(=O)CC(CCC(Cc2ccccc2)NC(=O)OCc2cncs2)Cc2ccccc2)cs1. The molecule has 0 bridgehead atoms. The summed E-state index contributed by atoms with van der Waals surface area (Å²) in [6.45, 7) is 6.75. The van der Waals surface area contributed by atoms with Crippen LogP contribution in [0.4, 0.5) is 14.4 Å². The molecular formula is C42H55N7O6S2. The number of aromatic nitrogens is 2. The smallest absolute Gasteiger partial charge is 0.407 e. The molecule has 2 aromatic heterocycles. The van der Waals surface area contributed by atoms with Gasteiger partial charge in [-0.1, -0.05) is 74.5 Å². The van der Waals surface area contributed by atoms with Crippen molar-refractivity contribution in [1.82, 2.24) is 35.7 Å². The van der Waals surface area contributed by atoms with Crippen molar-refractivity contribution in [3.8, 4) is 0 Å². The number of hydrogen-bond donors (Lipinski definition) is 3. The van der Waals surface area contributed by atoms with Gasteiger partial charge in [-0.25, -0.2) is 19.4 Å². The molecule has 15 heteroatoms. The second kappa shape index (κ2) is 22.8. The van der Waals surface area contributed by atoms with E-state index in [1.807, 2.05) is 66.0 Å². The first-order valence-electron chi connectivity index (χ1n) is 19.6. The third-order valence-electron chi connectivity index (χ3n) is 9.76. The molecule has 1 fully saturated rings. The molecule has 1 saturated heterocycles. The third-order valence-corrected chi connectivity index (χ3v) is 11.7. The number of carbonyl (C=O) groups excluding carboxylic acids is 4. The van der Waals surface area contributed by atoms with Crippen LogP contribution in [0.1, 0.15) is 72.2 Å². The van der Waals surface area contributed by atoms with Crippen molar-refractivity contribution >= 4 is 46.6 Å². The molecule has 57 heavy (non-hydrogen) atoms. The Morgan fingerprint density at radius 3 is 2.26 bits per heavy atom. The van der Waals surface area contributed by atoms with Crippen LogP contribution in [-0.4, -0.2) is 95.7 Å². The van der Waals surface area contributed by atoms with Gasteiger partial charge in [0.05, 0.1) is 46.9 Å². The number of morpholine rings is 1. The van der Waals surface area contributed by atoms with E-state index < -0.39 is 18.2 Å². The summed E-state index contributed by atoms with van der Waals surface area (Å²) >= 11 is 2.99. The lowest BCUT2D eigenvalue weighted by molar-refractivity contribution is -0.122. The van der Waals surface area contributed by atoms with Crippen LogP contribution in [-0.2, 0) is 40.3 Å². The van der Waals surface area contributed by atoms with Gasteiger partial charge in [0, 0.05) is 56.6 Å². The van der Waals surface area contributed by atoms with Crippen molar-refractivity contribution in [2.75, 3.05) is 39.9 Å². The van der Waals surface area contributed by atoms with E-state index in [1.54, 1.807) is 35.0 Å². The number of Topliss-reactive ketones (excluding diaryl/α,β-unsaturated/α-hetero) is 1. The number of rotatable bonds is 20. The number of benzene rings is 2. The summed E-state index contributed by atoms with van der Waals surface area (Å²) < 4.78 is 10.9. The van der Waals surface area contributed by atoms with Gasteiger partial charge in [-0.05, 0) is 49.1 Å². The molecule has 5 rings (SSSR count). The number of carbonyl (C=O) groups is 4. The van der Waals surface area contributed by atoms with E-state index >= 15 is 0 Å². The van der Waals surface area contributed by atoms with Gasteiger partial charge in [0.1, 0.15) is 6.61 Å². The highest BCUT2D eigenvalue weighted by molar-refractivity contribution is 7.09. The zero-order valence-corrected chi connectivity index (χ0v) is 34.7. The second-order valence-electron chi connectivity index (χ2n) is 14.7. The predicted molar refractivity (Wildman–Crippen MR) is 222 cm³/mol. The number of hydrogen-bond acceptors (Lipinski definition) is 10. The van der Waals surface area contributed by atoms with Gasteiger partial charge < -0.3 is 35.2 Å². The lowest BCUT2D eigenvalue weighted by Crippen LogP contribution is -2.50. The zero-order valence-electron chi connectivity index (χ0n) is 33.1. The van der Waals surface area contributed by atoms with Gasteiger partial charge >= 0.3 is 18.2 Å². The van der Waals surface area contributed by atoms with Crippen LogP contribution in [0.15, 0.2) is 77.8 Å². The molecule has 0 aliphatic carbocycles. The summed E-state index contributed by atoms with van der Waals surface area (Å²) in [4.78, 5) is 66.7. The minimum atomic E-state index is -0.843. The summed E-state index contributed by atoms with van der Waals surface area (Å²) in [5.41, 5.74) is 4.65. The van der Waals surface area contributed by atoms with Crippen LogP contribution in [0, 0.1) is 5.92 Å². The standard InChI is InChI=1S/C42H55N7O6S2/c1-30(2)39-45-35(28-56-39)26-48(3)41(52)47-37(16-17-44-40(51)49-18-20-54-21-19-49)38(50)24-33(22-31-10-6-4-7-11-31)14-15-34(23-32-12-8-5-9-13-32)46-42(53)55-27-36-25-43-29-57-36/h4-13,25,28-30,33-34,37H,14-24,26-27H2,1-3H3,(H,44,51)(H,46,53)(H,47,52). The van der Waals surface area contributed by atoms with Crippen molar-refractivity contribution < 1.29 is 28.7 Å². The highest BCUT2D eigenvalue weighted by atomic mass is 32.1.